The standard InChI is InChI=1S/C22H20FN3OS/c1-15(16-9-3-2-4-10-16)24-21(27)17-11-5-7-13-19(17)25-22(28)26-20-14-8-6-12-18(20)23/h2-15H,1H3,(H,24,27)(H2,25,26,28)/t15-/m0/s1. The summed E-state index contributed by atoms with van der Waals surface area (Å²) in [7, 11) is 0. The van der Waals surface area contributed by atoms with Gasteiger partial charge in [-0.2, -0.15) is 0 Å². The minimum absolute atomic E-state index is 0.148. The highest BCUT2D eigenvalue weighted by molar-refractivity contribution is 7.80. The van der Waals surface area contributed by atoms with E-state index in [2.05, 4.69) is 16.0 Å². The number of hydrogen-bond donors (Lipinski definition) is 3. The van der Waals surface area contributed by atoms with E-state index < -0.39 is 5.82 Å². The molecule has 0 saturated heterocycles. The summed E-state index contributed by atoms with van der Waals surface area (Å²) in [5.74, 6) is -0.637. The summed E-state index contributed by atoms with van der Waals surface area (Å²) in [5.41, 5.74) is 2.26. The van der Waals surface area contributed by atoms with E-state index in [0.717, 1.165) is 5.56 Å². The van der Waals surface area contributed by atoms with E-state index in [1.165, 1.54) is 6.07 Å². The SMILES string of the molecule is C[C@H](NC(=O)c1ccccc1NC(=S)Nc1ccccc1F)c1ccccc1. The van der Waals surface area contributed by atoms with Crippen LogP contribution in [0.1, 0.15) is 28.9 Å². The maximum absolute atomic E-state index is 13.8. The van der Waals surface area contributed by atoms with E-state index in [-0.39, 0.29) is 22.7 Å². The van der Waals surface area contributed by atoms with Crippen LogP contribution in [0.4, 0.5) is 15.8 Å². The van der Waals surface area contributed by atoms with Gasteiger partial charge in [-0.05, 0) is 49.0 Å². The smallest absolute Gasteiger partial charge is 0.253 e. The van der Waals surface area contributed by atoms with E-state index in [1.807, 2.05) is 37.3 Å². The average molecular weight is 393 g/mol. The van der Waals surface area contributed by atoms with Gasteiger partial charge in [0.2, 0.25) is 0 Å². The normalized spacial score (nSPS) is 11.4. The molecule has 0 bridgehead atoms. The second-order valence-electron chi connectivity index (χ2n) is 6.21. The van der Waals surface area contributed by atoms with Crippen molar-refractivity contribution in [1.82, 2.24) is 5.32 Å². The first-order valence-corrected chi connectivity index (χ1v) is 9.23. The molecule has 3 aromatic rings. The molecule has 4 nitrogen and oxygen atoms in total. The van der Waals surface area contributed by atoms with Crippen molar-refractivity contribution < 1.29 is 9.18 Å². The van der Waals surface area contributed by atoms with Gasteiger partial charge in [0.25, 0.3) is 5.91 Å². The van der Waals surface area contributed by atoms with Crippen molar-refractivity contribution in [2.75, 3.05) is 10.6 Å². The van der Waals surface area contributed by atoms with Crippen molar-refractivity contribution in [1.29, 1.82) is 0 Å². The van der Waals surface area contributed by atoms with Crippen LogP contribution in [0.2, 0.25) is 0 Å². The Balaban J connectivity index is 1.71. The van der Waals surface area contributed by atoms with E-state index in [9.17, 15) is 9.18 Å². The van der Waals surface area contributed by atoms with Crippen molar-refractivity contribution >= 4 is 34.6 Å². The zero-order chi connectivity index (χ0) is 19.9. The Bertz CT molecular complexity index is 978. The summed E-state index contributed by atoms with van der Waals surface area (Å²) < 4.78 is 13.8. The molecule has 28 heavy (non-hydrogen) atoms. The van der Waals surface area contributed by atoms with E-state index >= 15 is 0 Å². The van der Waals surface area contributed by atoms with Crippen LogP contribution < -0.4 is 16.0 Å². The second-order valence-corrected chi connectivity index (χ2v) is 6.62. The number of hydrogen-bond acceptors (Lipinski definition) is 2. The summed E-state index contributed by atoms with van der Waals surface area (Å²) in [6.45, 7) is 1.92. The van der Waals surface area contributed by atoms with Gasteiger partial charge in [-0.3, -0.25) is 4.79 Å². The topological polar surface area (TPSA) is 53.2 Å². The number of thiocarbonyl (C=S) groups is 1. The van der Waals surface area contributed by atoms with Gasteiger partial charge in [-0.15, -0.1) is 0 Å². The van der Waals surface area contributed by atoms with Crippen molar-refractivity contribution in [3.05, 3.63) is 95.8 Å². The van der Waals surface area contributed by atoms with Crippen LogP contribution >= 0.6 is 12.2 Å². The second kappa shape index (κ2) is 9.10. The van der Waals surface area contributed by atoms with Crippen LogP contribution in [0.3, 0.4) is 0 Å². The fourth-order valence-electron chi connectivity index (χ4n) is 2.73. The molecule has 0 radical (unpaired) electrons. The van der Waals surface area contributed by atoms with Gasteiger partial charge in [-0.25, -0.2) is 4.39 Å². The number of carbonyl (C=O) groups is 1. The molecule has 0 aliphatic carbocycles. The Kier molecular flexibility index (Phi) is 6.34. The van der Waals surface area contributed by atoms with Crippen LogP contribution in [0.5, 0.6) is 0 Å². The van der Waals surface area contributed by atoms with E-state index in [0.29, 0.717) is 11.3 Å². The number of carbonyl (C=O) groups excluding carboxylic acids is 1. The minimum atomic E-state index is -0.408. The molecule has 0 aromatic heterocycles. The first-order valence-electron chi connectivity index (χ1n) is 8.82. The van der Waals surface area contributed by atoms with Crippen LogP contribution in [0.15, 0.2) is 78.9 Å². The lowest BCUT2D eigenvalue weighted by molar-refractivity contribution is 0.0941. The minimum Gasteiger partial charge on any atom is -0.345 e. The molecular formula is C22H20FN3OS. The Hall–Kier alpha value is -3.25. The first kappa shape index (κ1) is 19.5. The average Bonchev–Trinajstić information content (AvgIpc) is 2.70. The van der Waals surface area contributed by atoms with Gasteiger partial charge < -0.3 is 16.0 Å². The molecule has 0 fully saturated rings. The highest BCUT2D eigenvalue weighted by atomic mass is 32.1. The van der Waals surface area contributed by atoms with E-state index in [1.54, 1.807) is 42.5 Å². The lowest BCUT2D eigenvalue weighted by atomic mass is 10.1. The highest BCUT2D eigenvalue weighted by Crippen LogP contribution is 2.19. The number of halogens is 1. The molecule has 6 heteroatoms. The molecule has 0 unspecified atom stereocenters. The number of benzene rings is 3. The van der Waals surface area contributed by atoms with Gasteiger partial charge in [0.05, 0.1) is 23.0 Å². The molecule has 0 heterocycles. The monoisotopic (exact) mass is 393 g/mol. The fourth-order valence-corrected chi connectivity index (χ4v) is 2.95. The molecule has 3 N–H and O–H groups in total. The Morgan fingerprint density at radius 2 is 1.43 bits per heavy atom. The van der Waals surface area contributed by atoms with Gasteiger partial charge >= 0.3 is 0 Å². The van der Waals surface area contributed by atoms with Gasteiger partial charge in [0, 0.05) is 0 Å². The largest absolute Gasteiger partial charge is 0.345 e. The van der Waals surface area contributed by atoms with Crippen molar-refractivity contribution in [2.24, 2.45) is 0 Å². The number of amides is 1. The quantitative estimate of drug-likeness (QED) is 0.526. The first-order chi connectivity index (χ1) is 13.5. The predicted molar refractivity (Wildman–Crippen MR) is 115 cm³/mol. The highest BCUT2D eigenvalue weighted by Gasteiger charge is 2.15. The summed E-state index contributed by atoms with van der Waals surface area (Å²) in [6, 6.07) is 22.8. The fraction of sp³-hybridized carbons (Fsp3) is 0.0909. The predicted octanol–water partition coefficient (Wildman–Crippen LogP) is 5.13. The molecule has 0 aliphatic heterocycles. The van der Waals surface area contributed by atoms with Crippen molar-refractivity contribution in [3.8, 4) is 0 Å². The Morgan fingerprint density at radius 3 is 2.14 bits per heavy atom. The maximum atomic E-state index is 13.8. The van der Waals surface area contributed by atoms with E-state index in [4.69, 9.17) is 12.2 Å². The Labute approximate surface area is 168 Å². The lowest BCUT2D eigenvalue weighted by Crippen LogP contribution is -2.28. The van der Waals surface area contributed by atoms with Crippen molar-refractivity contribution in [3.63, 3.8) is 0 Å². The molecule has 0 spiro atoms. The lowest BCUT2D eigenvalue weighted by Gasteiger charge is -2.17. The molecule has 142 valence electrons. The molecular weight excluding hydrogens is 373 g/mol. The molecule has 0 aliphatic rings. The van der Waals surface area contributed by atoms with Crippen LogP contribution in [0, 0.1) is 5.82 Å². The molecule has 0 saturated carbocycles. The van der Waals surface area contributed by atoms with Crippen molar-refractivity contribution in [2.45, 2.75) is 13.0 Å². The molecule has 3 aromatic carbocycles. The summed E-state index contributed by atoms with van der Waals surface area (Å²) in [4.78, 5) is 12.8. The van der Waals surface area contributed by atoms with Gasteiger partial charge in [-0.1, -0.05) is 54.6 Å². The zero-order valence-electron chi connectivity index (χ0n) is 15.3. The number of nitrogens with one attached hydrogen (secondary N) is 3. The molecule has 1 atom stereocenters. The summed E-state index contributed by atoms with van der Waals surface area (Å²) in [6.07, 6.45) is 0. The number of rotatable bonds is 5. The van der Waals surface area contributed by atoms with Crippen LogP contribution in [-0.4, -0.2) is 11.0 Å². The number of anilines is 2. The van der Waals surface area contributed by atoms with Gasteiger partial charge in [0.15, 0.2) is 5.11 Å². The summed E-state index contributed by atoms with van der Waals surface area (Å²) >= 11 is 5.27. The summed E-state index contributed by atoms with van der Waals surface area (Å²) in [5, 5.41) is 8.96. The zero-order valence-corrected chi connectivity index (χ0v) is 16.1. The molecule has 1 amide bonds. The van der Waals surface area contributed by atoms with Crippen LogP contribution in [0.25, 0.3) is 0 Å². The van der Waals surface area contributed by atoms with Gasteiger partial charge in [0.1, 0.15) is 5.82 Å². The maximum Gasteiger partial charge on any atom is 0.253 e. The number of para-hydroxylation sites is 2. The molecule has 3 rings (SSSR count). The van der Waals surface area contributed by atoms with Crippen LogP contribution in [-0.2, 0) is 0 Å². The third-order valence-electron chi connectivity index (χ3n) is 4.19. The third-order valence-corrected chi connectivity index (χ3v) is 4.39. The Morgan fingerprint density at radius 1 is 0.857 bits per heavy atom. The third kappa shape index (κ3) is 4.92.